The average Bonchev–Trinajstić information content (AvgIpc) is 3.05. The summed E-state index contributed by atoms with van der Waals surface area (Å²) >= 11 is 5.94. The molecule has 0 bridgehead atoms. The number of benzene rings is 2. The number of hydrogen-bond acceptors (Lipinski definition) is 5. The van der Waals surface area contributed by atoms with Gasteiger partial charge in [0.2, 0.25) is 11.8 Å². The van der Waals surface area contributed by atoms with Crippen molar-refractivity contribution >= 4 is 46.7 Å². The zero-order valence-corrected chi connectivity index (χ0v) is 18.1. The van der Waals surface area contributed by atoms with Gasteiger partial charge in [-0.15, -0.1) is 0 Å². The maximum Gasteiger partial charge on any atom is 0.338 e. The fourth-order valence-corrected chi connectivity index (χ4v) is 4.13. The van der Waals surface area contributed by atoms with Crippen molar-refractivity contribution in [3.05, 3.63) is 70.8 Å². The van der Waals surface area contributed by atoms with Crippen molar-refractivity contribution in [1.82, 2.24) is 0 Å². The number of amides is 3. The van der Waals surface area contributed by atoms with Crippen LogP contribution in [0.3, 0.4) is 0 Å². The van der Waals surface area contributed by atoms with E-state index in [1.165, 1.54) is 12.1 Å². The highest BCUT2D eigenvalue weighted by Crippen LogP contribution is 2.37. The standard InChI is InChI=1S/C24H21ClN2O5/c1-14-9-10-16(25)12-20(14)26-21(28)13-32-24(31)15-5-4-6-17(11-15)27-22(29)18-7-2-3-8-19(18)23(27)30/h2-6,9-12,18-19H,7-8,13H2,1H3,(H,26,28)/t18-,19-/m0/s1. The number of anilines is 2. The average molecular weight is 453 g/mol. The summed E-state index contributed by atoms with van der Waals surface area (Å²) in [5, 5.41) is 3.12. The van der Waals surface area contributed by atoms with Gasteiger partial charge in [-0.05, 0) is 55.7 Å². The molecule has 1 saturated heterocycles. The van der Waals surface area contributed by atoms with Crippen molar-refractivity contribution < 1.29 is 23.9 Å². The lowest BCUT2D eigenvalue weighted by Gasteiger charge is -2.15. The van der Waals surface area contributed by atoms with Gasteiger partial charge >= 0.3 is 5.97 Å². The first-order valence-corrected chi connectivity index (χ1v) is 10.6. The summed E-state index contributed by atoms with van der Waals surface area (Å²) < 4.78 is 5.12. The summed E-state index contributed by atoms with van der Waals surface area (Å²) in [5.74, 6) is -2.48. The number of halogens is 1. The predicted octanol–water partition coefficient (Wildman–Crippen LogP) is 3.90. The van der Waals surface area contributed by atoms with E-state index in [4.69, 9.17) is 16.3 Å². The highest BCUT2D eigenvalue weighted by Gasteiger charge is 2.47. The molecule has 1 N–H and O–H groups in total. The van der Waals surface area contributed by atoms with E-state index in [1.807, 2.05) is 19.1 Å². The second-order valence-corrected chi connectivity index (χ2v) is 8.24. The van der Waals surface area contributed by atoms with Crippen LogP contribution in [0, 0.1) is 18.8 Å². The van der Waals surface area contributed by atoms with Crippen molar-refractivity contribution in [2.75, 3.05) is 16.8 Å². The molecule has 3 amide bonds. The Balaban J connectivity index is 1.41. The Hall–Kier alpha value is -3.45. The molecule has 0 unspecified atom stereocenters. The lowest BCUT2D eigenvalue weighted by Crippen LogP contribution is -2.31. The fourth-order valence-electron chi connectivity index (χ4n) is 3.96. The second-order valence-electron chi connectivity index (χ2n) is 7.80. The molecule has 2 aliphatic rings. The monoisotopic (exact) mass is 452 g/mol. The molecule has 1 heterocycles. The summed E-state index contributed by atoms with van der Waals surface area (Å²) in [5.41, 5.74) is 1.81. The molecule has 2 aromatic rings. The van der Waals surface area contributed by atoms with Crippen LogP contribution in [-0.2, 0) is 19.1 Å². The Morgan fingerprint density at radius 1 is 1.06 bits per heavy atom. The van der Waals surface area contributed by atoms with E-state index in [1.54, 1.807) is 30.3 Å². The van der Waals surface area contributed by atoms with Gasteiger partial charge in [-0.2, -0.15) is 0 Å². The minimum absolute atomic E-state index is 0.142. The molecule has 0 radical (unpaired) electrons. The highest BCUT2D eigenvalue weighted by molar-refractivity contribution is 6.31. The summed E-state index contributed by atoms with van der Waals surface area (Å²) in [4.78, 5) is 51.3. The Morgan fingerprint density at radius 3 is 2.44 bits per heavy atom. The first-order valence-electron chi connectivity index (χ1n) is 10.2. The van der Waals surface area contributed by atoms with E-state index >= 15 is 0 Å². The molecular weight excluding hydrogens is 432 g/mol. The van der Waals surface area contributed by atoms with Crippen LogP contribution in [0.15, 0.2) is 54.6 Å². The van der Waals surface area contributed by atoms with Gasteiger partial charge < -0.3 is 10.1 Å². The maximum absolute atomic E-state index is 12.8. The number of hydrogen-bond donors (Lipinski definition) is 1. The van der Waals surface area contributed by atoms with Crippen LogP contribution in [0.4, 0.5) is 11.4 Å². The number of imide groups is 1. The van der Waals surface area contributed by atoms with Crippen molar-refractivity contribution in [3.63, 3.8) is 0 Å². The van der Waals surface area contributed by atoms with Gasteiger partial charge in [0.25, 0.3) is 5.91 Å². The van der Waals surface area contributed by atoms with Crippen molar-refractivity contribution in [1.29, 1.82) is 0 Å². The molecule has 0 aromatic heterocycles. The zero-order chi connectivity index (χ0) is 22.8. The zero-order valence-electron chi connectivity index (χ0n) is 17.3. The maximum atomic E-state index is 12.8. The molecule has 0 spiro atoms. The van der Waals surface area contributed by atoms with Gasteiger partial charge in [0.05, 0.1) is 23.1 Å². The number of fused-ring (bicyclic) bond motifs is 1. The summed E-state index contributed by atoms with van der Waals surface area (Å²) in [6.45, 7) is 1.32. The van der Waals surface area contributed by atoms with E-state index in [0.29, 0.717) is 29.2 Å². The van der Waals surface area contributed by atoms with E-state index in [2.05, 4.69) is 5.32 Å². The molecule has 7 nitrogen and oxygen atoms in total. The minimum atomic E-state index is -0.733. The molecule has 4 rings (SSSR count). The van der Waals surface area contributed by atoms with Gasteiger partial charge in [0.15, 0.2) is 6.61 Å². The Kier molecular flexibility index (Phi) is 6.10. The van der Waals surface area contributed by atoms with Gasteiger partial charge in [-0.3, -0.25) is 19.3 Å². The number of rotatable bonds is 5. The van der Waals surface area contributed by atoms with Crippen molar-refractivity contribution in [3.8, 4) is 0 Å². The van der Waals surface area contributed by atoms with E-state index in [0.717, 1.165) is 10.5 Å². The van der Waals surface area contributed by atoms with Crippen molar-refractivity contribution in [2.24, 2.45) is 11.8 Å². The predicted molar refractivity (Wildman–Crippen MR) is 119 cm³/mol. The number of carbonyl (C=O) groups excluding carboxylic acids is 4. The third kappa shape index (κ3) is 4.29. The van der Waals surface area contributed by atoms with Gasteiger partial charge in [-0.25, -0.2) is 4.79 Å². The molecule has 164 valence electrons. The number of carbonyl (C=O) groups is 4. The van der Waals surface area contributed by atoms with E-state index in [9.17, 15) is 19.2 Å². The summed E-state index contributed by atoms with van der Waals surface area (Å²) in [6.07, 6.45) is 4.91. The van der Waals surface area contributed by atoms with E-state index in [-0.39, 0.29) is 29.2 Å². The lowest BCUT2D eigenvalue weighted by atomic mass is 9.85. The largest absolute Gasteiger partial charge is 0.452 e. The van der Waals surface area contributed by atoms with Crippen LogP contribution in [-0.4, -0.2) is 30.3 Å². The minimum Gasteiger partial charge on any atom is -0.452 e. The van der Waals surface area contributed by atoms with Crippen molar-refractivity contribution in [2.45, 2.75) is 19.8 Å². The molecule has 32 heavy (non-hydrogen) atoms. The first kappa shape index (κ1) is 21.8. The third-order valence-corrected chi connectivity index (χ3v) is 5.89. The van der Waals surface area contributed by atoms with Gasteiger partial charge in [-0.1, -0.05) is 35.9 Å². The number of nitrogens with one attached hydrogen (secondary N) is 1. The Labute approximate surface area is 190 Å². The van der Waals surface area contributed by atoms with Crippen LogP contribution in [0.1, 0.15) is 28.8 Å². The lowest BCUT2D eigenvalue weighted by molar-refractivity contribution is -0.122. The molecule has 2 atom stereocenters. The summed E-state index contributed by atoms with van der Waals surface area (Å²) in [6, 6.07) is 11.2. The third-order valence-electron chi connectivity index (χ3n) is 5.66. The Morgan fingerprint density at radius 2 is 1.75 bits per heavy atom. The first-order chi connectivity index (χ1) is 15.3. The molecule has 1 aliphatic heterocycles. The van der Waals surface area contributed by atoms with Gasteiger partial charge in [0.1, 0.15) is 0 Å². The quantitative estimate of drug-likeness (QED) is 0.422. The van der Waals surface area contributed by atoms with Crippen LogP contribution >= 0.6 is 11.6 Å². The molecule has 1 fully saturated rings. The molecule has 8 heteroatoms. The number of nitrogens with zero attached hydrogens (tertiary/aromatic N) is 1. The normalized spacial score (nSPS) is 19.6. The molecule has 1 aliphatic carbocycles. The smallest absolute Gasteiger partial charge is 0.338 e. The number of aryl methyl sites for hydroxylation is 1. The van der Waals surface area contributed by atoms with Crippen LogP contribution in [0.25, 0.3) is 0 Å². The Bertz CT molecular complexity index is 1120. The highest BCUT2D eigenvalue weighted by atomic mass is 35.5. The SMILES string of the molecule is Cc1ccc(Cl)cc1NC(=O)COC(=O)c1cccc(N2C(=O)[C@H]3CC=CC[C@@H]3C2=O)c1. The second kappa shape index (κ2) is 8.96. The van der Waals surface area contributed by atoms with Crippen LogP contribution < -0.4 is 10.2 Å². The summed E-state index contributed by atoms with van der Waals surface area (Å²) in [7, 11) is 0. The van der Waals surface area contributed by atoms with Crippen LogP contribution in [0.5, 0.6) is 0 Å². The topological polar surface area (TPSA) is 92.8 Å². The van der Waals surface area contributed by atoms with Crippen LogP contribution in [0.2, 0.25) is 5.02 Å². The number of esters is 1. The number of ether oxygens (including phenoxy) is 1. The fraction of sp³-hybridized carbons (Fsp3) is 0.250. The molecule has 2 aromatic carbocycles. The molecule has 0 saturated carbocycles. The number of allylic oxidation sites excluding steroid dienone is 2. The molecular formula is C24H21ClN2O5. The van der Waals surface area contributed by atoms with Gasteiger partial charge in [0, 0.05) is 10.7 Å². The van der Waals surface area contributed by atoms with E-state index < -0.39 is 18.5 Å².